The summed E-state index contributed by atoms with van der Waals surface area (Å²) in [6.07, 6.45) is 51.5. The van der Waals surface area contributed by atoms with Crippen LogP contribution in [0.3, 0.4) is 0 Å². The van der Waals surface area contributed by atoms with Crippen molar-refractivity contribution in [3.8, 4) is 0 Å². The molecule has 0 aliphatic heterocycles. The highest BCUT2D eigenvalue weighted by Crippen LogP contribution is 2.45. The molecule has 0 radical (unpaired) electrons. The Balaban J connectivity index is 5.20. The number of hydrogen-bond donors (Lipinski definition) is 3. The molecule has 0 fully saturated rings. The van der Waals surface area contributed by atoms with E-state index in [9.17, 15) is 43.2 Å². The van der Waals surface area contributed by atoms with Gasteiger partial charge in [-0.3, -0.25) is 37.3 Å². The maximum absolute atomic E-state index is 13.0. The minimum atomic E-state index is -4.95. The van der Waals surface area contributed by atoms with Crippen LogP contribution in [0.25, 0.3) is 0 Å². The molecule has 0 saturated heterocycles. The van der Waals surface area contributed by atoms with Gasteiger partial charge in [0.05, 0.1) is 26.4 Å². The summed E-state index contributed by atoms with van der Waals surface area (Å²) in [7, 11) is -9.90. The lowest BCUT2D eigenvalue weighted by Crippen LogP contribution is -2.30. The summed E-state index contributed by atoms with van der Waals surface area (Å²) in [4.78, 5) is 72.4. The Kier molecular flexibility index (Phi) is 63.0. The number of rotatable bonds is 71. The summed E-state index contributed by atoms with van der Waals surface area (Å²) >= 11 is 0. The van der Waals surface area contributed by atoms with Crippen LogP contribution < -0.4 is 0 Å². The van der Waals surface area contributed by atoms with Gasteiger partial charge in [0.25, 0.3) is 0 Å². The number of esters is 4. The van der Waals surface area contributed by atoms with Crippen molar-refractivity contribution in [3.05, 3.63) is 0 Å². The molecule has 0 heterocycles. The Morgan fingerprint density at radius 2 is 0.511 bits per heavy atom. The second-order valence-electron chi connectivity index (χ2n) is 26.1. The van der Waals surface area contributed by atoms with Crippen molar-refractivity contribution < 1.29 is 80.2 Å². The molecule has 0 rings (SSSR count). The van der Waals surface area contributed by atoms with E-state index >= 15 is 0 Å². The summed E-state index contributed by atoms with van der Waals surface area (Å²) < 4.78 is 68.2. The third kappa shape index (κ3) is 64.8. The topological polar surface area (TPSA) is 237 Å². The molecule has 0 saturated carbocycles. The summed E-state index contributed by atoms with van der Waals surface area (Å²) in [5.74, 6) is -1.41. The second-order valence-corrected chi connectivity index (χ2v) is 29.0. The van der Waals surface area contributed by atoms with Crippen LogP contribution in [0, 0.1) is 5.92 Å². The molecule has 90 heavy (non-hydrogen) atoms. The third-order valence-electron chi connectivity index (χ3n) is 16.5. The van der Waals surface area contributed by atoms with Crippen LogP contribution >= 0.6 is 15.6 Å². The zero-order valence-corrected chi connectivity index (χ0v) is 60.1. The monoisotopic (exact) mass is 1320 g/mol. The van der Waals surface area contributed by atoms with Crippen LogP contribution in [0.4, 0.5) is 0 Å². The number of hydrogen-bond acceptors (Lipinski definition) is 15. The molecule has 19 heteroatoms. The molecule has 5 atom stereocenters. The highest BCUT2D eigenvalue weighted by molar-refractivity contribution is 7.47. The Hall–Kier alpha value is -1.94. The molecule has 3 N–H and O–H groups in total. The van der Waals surface area contributed by atoms with Crippen molar-refractivity contribution in [3.63, 3.8) is 0 Å². The van der Waals surface area contributed by atoms with E-state index in [1.807, 2.05) is 0 Å². The van der Waals surface area contributed by atoms with Gasteiger partial charge in [-0.25, -0.2) is 9.13 Å². The smallest absolute Gasteiger partial charge is 0.462 e. The van der Waals surface area contributed by atoms with E-state index in [1.165, 1.54) is 180 Å². The molecule has 0 aromatic carbocycles. The molecule has 0 aromatic rings. The molecule has 0 bridgehead atoms. The van der Waals surface area contributed by atoms with Crippen LogP contribution in [0.2, 0.25) is 0 Å². The number of phosphoric acid groups is 2. The van der Waals surface area contributed by atoms with Gasteiger partial charge < -0.3 is 33.8 Å². The first kappa shape index (κ1) is 88.1. The van der Waals surface area contributed by atoms with Crippen LogP contribution in [0.5, 0.6) is 0 Å². The Morgan fingerprint density at radius 1 is 0.300 bits per heavy atom. The molecule has 0 aromatic heterocycles. The van der Waals surface area contributed by atoms with E-state index in [1.54, 1.807) is 0 Å². The predicted octanol–water partition coefficient (Wildman–Crippen LogP) is 20.5. The molecule has 0 aliphatic carbocycles. The van der Waals surface area contributed by atoms with Crippen molar-refractivity contribution in [1.82, 2.24) is 0 Å². The van der Waals surface area contributed by atoms with Gasteiger partial charge in [0, 0.05) is 25.7 Å². The van der Waals surface area contributed by atoms with E-state index in [0.29, 0.717) is 25.7 Å². The van der Waals surface area contributed by atoms with Crippen molar-refractivity contribution in [1.29, 1.82) is 0 Å². The normalized spacial score (nSPS) is 14.1. The lowest BCUT2D eigenvalue weighted by molar-refractivity contribution is -0.161. The average molecular weight is 1330 g/mol. The largest absolute Gasteiger partial charge is 0.472 e. The molecule has 0 aliphatic rings. The highest BCUT2D eigenvalue weighted by Gasteiger charge is 2.30. The van der Waals surface area contributed by atoms with Crippen LogP contribution in [-0.4, -0.2) is 96.7 Å². The minimum Gasteiger partial charge on any atom is -0.462 e. The van der Waals surface area contributed by atoms with Crippen molar-refractivity contribution in [2.45, 2.75) is 387 Å². The van der Waals surface area contributed by atoms with Crippen molar-refractivity contribution >= 4 is 39.5 Å². The first-order valence-corrected chi connectivity index (χ1v) is 40.1. The van der Waals surface area contributed by atoms with E-state index in [0.717, 1.165) is 109 Å². The van der Waals surface area contributed by atoms with Crippen molar-refractivity contribution in [2.24, 2.45) is 5.92 Å². The number of carbonyl (C=O) groups excluding carboxylic acids is 4. The van der Waals surface area contributed by atoms with Gasteiger partial charge in [-0.15, -0.1) is 0 Å². The average Bonchev–Trinajstić information content (AvgIpc) is 3.70. The highest BCUT2D eigenvalue weighted by atomic mass is 31.2. The lowest BCUT2D eigenvalue weighted by Gasteiger charge is -2.21. The van der Waals surface area contributed by atoms with Gasteiger partial charge in [0.15, 0.2) is 12.2 Å². The quantitative estimate of drug-likeness (QED) is 0.0222. The third-order valence-corrected chi connectivity index (χ3v) is 18.4. The Morgan fingerprint density at radius 3 is 0.756 bits per heavy atom. The molecular weight excluding hydrogens is 1190 g/mol. The Labute approximate surface area is 549 Å². The molecule has 0 spiro atoms. The summed E-state index contributed by atoms with van der Waals surface area (Å²) in [6.45, 7) is 7.18. The first-order valence-electron chi connectivity index (χ1n) is 37.1. The number of aliphatic hydroxyl groups excluding tert-OH is 1. The number of ether oxygens (including phenoxy) is 4. The van der Waals surface area contributed by atoms with Gasteiger partial charge in [-0.1, -0.05) is 317 Å². The SMILES string of the molecule is CCCCCCCCCCCCCCCCCCC(=O)OC[C@H](COP(=O)(O)OC[C@@H](O)COP(=O)(O)OC[C@@H](COC(=O)CCCCCCCCC)OC(=O)CCCCCCCCCCC(C)C)OC(=O)CCCCCCCCCCCCCCCCCC. The van der Waals surface area contributed by atoms with Crippen LogP contribution in [0.15, 0.2) is 0 Å². The van der Waals surface area contributed by atoms with Gasteiger partial charge in [-0.05, 0) is 31.6 Å². The number of phosphoric ester groups is 2. The van der Waals surface area contributed by atoms with Gasteiger partial charge in [-0.2, -0.15) is 0 Å². The van der Waals surface area contributed by atoms with E-state index < -0.39 is 97.5 Å². The van der Waals surface area contributed by atoms with Gasteiger partial charge in [0.2, 0.25) is 0 Å². The van der Waals surface area contributed by atoms with Crippen LogP contribution in [-0.2, 0) is 65.4 Å². The summed E-state index contributed by atoms with van der Waals surface area (Å²) in [5, 5.41) is 10.6. The van der Waals surface area contributed by atoms with Gasteiger partial charge in [0.1, 0.15) is 19.3 Å². The first-order chi connectivity index (χ1) is 43.5. The fourth-order valence-corrected chi connectivity index (χ4v) is 12.4. The maximum Gasteiger partial charge on any atom is 0.472 e. The van der Waals surface area contributed by atoms with Crippen LogP contribution in [0.1, 0.15) is 369 Å². The molecule has 0 amide bonds. The second kappa shape index (κ2) is 64.4. The zero-order chi connectivity index (χ0) is 66.3. The predicted molar refractivity (Wildman–Crippen MR) is 363 cm³/mol. The fourth-order valence-electron chi connectivity index (χ4n) is 10.8. The standard InChI is InChI=1S/C71H138O17P2/c1-6-9-12-15-18-20-22-24-26-28-30-32-34-40-45-50-55-69(74)82-61-67(87-70(75)56-51-46-41-35-33-31-29-27-25-23-21-19-16-13-10-7-2)63-86-90(79,80)84-59-65(72)58-83-89(77,78)85-62-66(60-81-68(73)54-49-44-38-17-14-11-8-3)88-71(76)57-52-47-42-37-36-39-43-48-53-64(4)5/h64-67,72H,6-63H2,1-5H3,(H,77,78)(H,79,80)/t65-,66+,67+/m0/s1. The summed E-state index contributed by atoms with van der Waals surface area (Å²) in [5.41, 5.74) is 0. The van der Waals surface area contributed by atoms with E-state index in [2.05, 4.69) is 34.6 Å². The lowest BCUT2D eigenvalue weighted by atomic mass is 10.0. The zero-order valence-electron chi connectivity index (χ0n) is 58.3. The van der Waals surface area contributed by atoms with Crippen molar-refractivity contribution in [2.75, 3.05) is 39.6 Å². The molecular formula is C71H138O17P2. The summed E-state index contributed by atoms with van der Waals surface area (Å²) in [6, 6.07) is 0. The maximum atomic E-state index is 13.0. The van der Waals surface area contributed by atoms with E-state index in [4.69, 9.17) is 37.0 Å². The molecule has 17 nitrogen and oxygen atoms in total. The number of unbranched alkanes of at least 4 members (excludes halogenated alkanes) is 43. The minimum absolute atomic E-state index is 0.104. The van der Waals surface area contributed by atoms with E-state index in [-0.39, 0.29) is 25.7 Å². The molecule has 534 valence electrons. The van der Waals surface area contributed by atoms with Gasteiger partial charge >= 0.3 is 39.5 Å². The number of aliphatic hydroxyl groups is 1. The molecule has 2 unspecified atom stereocenters. The fraction of sp³-hybridized carbons (Fsp3) is 0.944. The number of carbonyl (C=O) groups is 4. The Bertz CT molecular complexity index is 1740.